The van der Waals surface area contributed by atoms with Crippen LogP contribution in [0.3, 0.4) is 0 Å². The molecule has 6 heteroatoms. The standard InChI is InChI=1S/C8H7N3O2.Na/c1-5-10-7(8(12)13)6-4-9-2-3-11(5)6;/h2-4H,1H3,(H,12,13);/q;+1/p-1. The summed E-state index contributed by atoms with van der Waals surface area (Å²) in [6.07, 6.45) is 4.68. The molecule has 0 aliphatic rings. The molecule has 0 saturated carbocycles. The molecule has 0 aliphatic heterocycles. The van der Waals surface area contributed by atoms with Gasteiger partial charge in [-0.1, -0.05) is 0 Å². The Hall–Kier alpha value is -0.910. The molecule has 0 bridgehead atoms. The number of carboxylic acid groups (broad SMARTS) is 1. The molecule has 66 valence electrons. The summed E-state index contributed by atoms with van der Waals surface area (Å²) in [6.45, 7) is 1.72. The number of aromatic carboxylic acids is 1. The van der Waals surface area contributed by atoms with Crippen LogP contribution in [0.5, 0.6) is 0 Å². The molecule has 0 saturated heterocycles. The molecule has 0 radical (unpaired) electrons. The van der Waals surface area contributed by atoms with Crippen molar-refractivity contribution in [3.63, 3.8) is 0 Å². The van der Waals surface area contributed by atoms with Crippen LogP contribution >= 0.6 is 0 Å². The zero-order valence-corrected chi connectivity index (χ0v) is 9.89. The summed E-state index contributed by atoms with van der Waals surface area (Å²) in [7, 11) is 0. The molecule has 5 nitrogen and oxygen atoms in total. The predicted octanol–water partition coefficient (Wildman–Crippen LogP) is -3.59. The summed E-state index contributed by atoms with van der Waals surface area (Å²) >= 11 is 0. The van der Waals surface area contributed by atoms with E-state index in [1.165, 1.54) is 6.20 Å². The van der Waals surface area contributed by atoms with Crippen molar-refractivity contribution in [2.75, 3.05) is 0 Å². The fraction of sp³-hybridized carbons (Fsp3) is 0.125. The Bertz CT molecular complexity index is 480. The number of aromatic nitrogens is 3. The molecule has 2 heterocycles. The van der Waals surface area contributed by atoms with Gasteiger partial charge in [0.05, 0.1) is 17.7 Å². The number of rotatable bonds is 1. The van der Waals surface area contributed by atoms with Gasteiger partial charge in [-0.3, -0.25) is 4.98 Å². The maximum absolute atomic E-state index is 10.6. The Kier molecular flexibility index (Phi) is 3.25. The van der Waals surface area contributed by atoms with E-state index in [1.807, 2.05) is 0 Å². The number of carbonyl (C=O) groups is 1. The van der Waals surface area contributed by atoms with Crippen molar-refractivity contribution in [3.8, 4) is 0 Å². The summed E-state index contributed by atoms with van der Waals surface area (Å²) in [5.41, 5.74) is 0.394. The molecule has 0 atom stereocenters. The van der Waals surface area contributed by atoms with E-state index in [0.29, 0.717) is 11.3 Å². The van der Waals surface area contributed by atoms with Crippen LogP contribution in [0.1, 0.15) is 16.3 Å². The van der Waals surface area contributed by atoms with Gasteiger partial charge in [0.15, 0.2) is 0 Å². The molecular weight excluding hydrogens is 193 g/mol. The van der Waals surface area contributed by atoms with Crippen LogP contribution in [0.25, 0.3) is 5.52 Å². The fourth-order valence-corrected chi connectivity index (χ4v) is 1.24. The zero-order chi connectivity index (χ0) is 9.42. The molecule has 0 aromatic carbocycles. The Morgan fingerprint density at radius 2 is 2.29 bits per heavy atom. The summed E-state index contributed by atoms with van der Waals surface area (Å²) in [5.74, 6) is -0.671. The number of carboxylic acids is 1. The van der Waals surface area contributed by atoms with Gasteiger partial charge in [-0.15, -0.1) is 0 Å². The number of hydrogen-bond donors (Lipinski definition) is 0. The van der Waals surface area contributed by atoms with E-state index in [9.17, 15) is 9.90 Å². The average Bonchev–Trinajstić information content (AvgIpc) is 2.45. The van der Waals surface area contributed by atoms with Gasteiger partial charge in [-0.05, 0) is 6.92 Å². The normalized spacial score (nSPS) is 9.79. The van der Waals surface area contributed by atoms with Crippen molar-refractivity contribution >= 4 is 11.5 Å². The second kappa shape index (κ2) is 4.08. The van der Waals surface area contributed by atoms with Gasteiger partial charge in [0.1, 0.15) is 11.5 Å². The van der Waals surface area contributed by atoms with Crippen LogP contribution in [0.15, 0.2) is 18.6 Å². The van der Waals surface area contributed by atoms with E-state index in [2.05, 4.69) is 9.97 Å². The van der Waals surface area contributed by atoms with Crippen molar-refractivity contribution in [2.45, 2.75) is 6.92 Å². The molecule has 2 rings (SSSR count). The number of fused-ring (bicyclic) bond motifs is 1. The molecule has 0 unspecified atom stereocenters. The second-order valence-corrected chi connectivity index (χ2v) is 2.63. The summed E-state index contributed by atoms with van der Waals surface area (Å²) in [5, 5.41) is 10.6. The second-order valence-electron chi connectivity index (χ2n) is 2.63. The minimum Gasteiger partial charge on any atom is -0.543 e. The van der Waals surface area contributed by atoms with E-state index in [4.69, 9.17) is 0 Å². The largest absolute Gasteiger partial charge is 1.00 e. The molecular formula is C8H6N3NaO2. The first-order valence-corrected chi connectivity index (χ1v) is 3.70. The SMILES string of the molecule is Cc1nc(C(=O)[O-])c2cnccn12.[Na+]. The van der Waals surface area contributed by atoms with Crippen LogP contribution in [-0.2, 0) is 0 Å². The molecule has 0 aliphatic carbocycles. The third-order valence-corrected chi connectivity index (χ3v) is 1.82. The van der Waals surface area contributed by atoms with Crippen molar-refractivity contribution in [2.24, 2.45) is 0 Å². The van der Waals surface area contributed by atoms with Gasteiger partial charge in [0.2, 0.25) is 0 Å². The van der Waals surface area contributed by atoms with Gasteiger partial charge in [-0.2, -0.15) is 0 Å². The summed E-state index contributed by atoms with van der Waals surface area (Å²) in [6, 6.07) is 0. The van der Waals surface area contributed by atoms with E-state index < -0.39 is 5.97 Å². The number of aryl methyl sites for hydroxylation is 1. The summed E-state index contributed by atoms with van der Waals surface area (Å²) < 4.78 is 1.65. The first kappa shape index (κ1) is 11.2. The molecule has 0 spiro atoms. The maximum Gasteiger partial charge on any atom is 1.00 e. The Balaban J connectivity index is 0.000000980. The predicted molar refractivity (Wildman–Crippen MR) is 42.1 cm³/mol. The maximum atomic E-state index is 10.6. The van der Waals surface area contributed by atoms with Gasteiger partial charge >= 0.3 is 29.6 Å². The number of carbonyl (C=O) groups excluding carboxylic acids is 1. The van der Waals surface area contributed by atoms with Crippen LogP contribution in [0, 0.1) is 6.92 Å². The van der Waals surface area contributed by atoms with Gasteiger partial charge < -0.3 is 14.3 Å². The Morgan fingerprint density at radius 1 is 1.57 bits per heavy atom. The van der Waals surface area contributed by atoms with E-state index in [0.717, 1.165) is 0 Å². The van der Waals surface area contributed by atoms with Crippen molar-refractivity contribution in [1.29, 1.82) is 0 Å². The number of nitrogens with zero attached hydrogens (tertiary/aromatic N) is 3. The molecule has 0 fully saturated rings. The van der Waals surface area contributed by atoms with Crippen molar-refractivity contribution in [1.82, 2.24) is 14.4 Å². The van der Waals surface area contributed by atoms with E-state index in [-0.39, 0.29) is 35.3 Å². The molecule has 0 amide bonds. The van der Waals surface area contributed by atoms with Crippen molar-refractivity contribution in [3.05, 3.63) is 30.1 Å². The topological polar surface area (TPSA) is 70.3 Å². The van der Waals surface area contributed by atoms with Crippen LogP contribution in [0.2, 0.25) is 0 Å². The first-order chi connectivity index (χ1) is 6.20. The van der Waals surface area contributed by atoms with Crippen LogP contribution in [-0.4, -0.2) is 20.3 Å². The van der Waals surface area contributed by atoms with Crippen molar-refractivity contribution < 1.29 is 39.5 Å². The van der Waals surface area contributed by atoms with Gasteiger partial charge in [-0.25, -0.2) is 4.98 Å². The van der Waals surface area contributed by atoms with E-state index in [1.54, 1.807) is 23.7 Å². The zero-order valence-electron chi connectivity index (χ0n) is 7.89. The minimum absolute atomic E-state index is 0. The van der Waals surface area contributed by atoms with E-state index >= 15 is 0 Å². The first-order valence-electron chi connectivity index (χ1n) is 3.70. The summed E-state index contributed by atoms with van der Waals surface area (Å²) in [4.78, 5) is 18.3. The smallest absolute Gasteiger partial charge is 0.543 e. The Labute approximate surface area is 102 Å². The third-order valence-electron chi connectivity index (χ3n) is 1.82. The van der Waals surface area contributed by atoms with Gasteiger partial charge in [0.25, 0.3) is 0 Å². The number of hydrogen-bond acceptors (Lipinski definition) is 4. The molecule has 0 N–H and O–H groups in total. The third kappa shape index (κ3) is 1.66. The Morgan fingerprint density at radius 3 is 2.93 bits per heavy atom. The van der Waals surface area contributed by atoms with Crippen LogP contribution in [0.4, 0.5) is 0 Å². The molecule has 2 aromatic heterocycles. The molecule has 14 heavy (non-hydrogen) atoms. The molecule has 2 aromatic rings. The van der Waals surface area contributed by atoms with Gasteiger partial charge in [0, 0.05) is 12.4 Å². The quantitative estimate of drug-likeness (QED) is 0.445. The monoisotopic (exact) mass is 199 g/mol. The fourth-order valence-electron chi connectivity index (χ4n) is 1.24. The minimum atomic E-state index is -1.28. The average molecular weight is 199 g/mol. The van der Waals surface area contributed by atoms with Crippen LogP contribution < -0.4 is 34.7 Å². The number of imidazole rings is 1.